The molecular weight excluding hydrogens is 613 g/mol. The maximum absolute atomic E-state index is 2.40. The standard InChI is InChI=1S/C46H30N2S/c1-3-11-31(12-4-1)32-19-22-35(23-20-32)47(36-24-26-38-33(29-36)21-28-45-46(38)41-16-8-10-18-44(41)49-45)37-25-27-40-39-15-7-9-17-42(39)48(43(40)30-37)34-13-5-2-6-14-34/h1-30H. The van der Waals surface area contributed by atoms with Crippen LogP contribution in [0.1, 0.15) is 0 Å². The number of thiophene rings is 1. The fourth-order valence-corrected chi connectivity index (χ4v) is 8.64. The molecule has 10 rings (SSSR count). The maximum atomic E-state index is 2.40. The summed E-state index contributed by atoms with van der Waals surface area (Å²) in [6.07, 6.45) is 0. The Bertz CT molecular complexity index is 2810. The summed E-state index contributed by atoms with van der Waals surface area (Å²) < 4.78 is 5.05. The van der Waals surface area contributed by atoms with Crippen LogP contribution in [-0.4, -0.2) is 4.57 Å². The van der Waals surface area contributed by atoms with Gasteiger partial charge in [0.25, 0.3) is 0 Å². The minimum Gasteiger partial charge on any atom is -0.310 e. The van der Waals surface area contributed by atoms with Crippen LogP contribution in [0.2, 0.25) is 0 Å². The van der Waals surface area contributed by atoms with Crippen LogP contribution in [0.25, 0.3) is 69.6 Å². The number of hydrogen-bond acceptors (Lipinski definition) is 2. The zero-order chi connectivity index (χ0) is 32.3. The first-order valence-corrected chi connectivity index (χ1v) is 17.5. The van der Waals surface area contributed by atoms with Crippen molar-refractivity contribution in [1.29, 1.82) is 0 Å². The second-order valence-electron chi connectivity index (χ2n) is 12.6. The average Bonchev–Trinajstić information content (AvgIpc) is 3.72. The minimum atomic E-state index is 1.11. The Morgan fingerprint density at radius 3 is 1.82 bits per heavy atom. The number of benzene rings is 8. The van der Waals surface area contributed by atoms with E-state index in [1.807, 2.05) is 11.3 Å². The van der Waals surface area contributed by atoms with E-state index >= 15 is 0 Å². The lowest BCUT2D eigenvalue weighted by molar-refractivity contribution is 1.18. The van der Waals surface area contributed by atoms with Gasteiger partial charge < -0.3 is 9.47 Å². The Labute approximate surface area is 288 Å². The molecule has 10 aromatic rings. The maximum Gasteiger partial charge on any atom is 0.0561 e. The number of anilines is 3. The van der Waals surface area contributed by atoms with Crippen molar-refractivity contribution in [2.75, 3.05) is 4.90 Å². The lowest BCUT2D eigenvalue weighted by Crippen LogP contribution is -2.10. The minimum absolute atomic E-state index is 1.11. The second-order valence-corrected chi connectivity index (χ2v) is 13.7. The largest absolute Gasteiger partial charge is 0.310 e. The third kappa shape index (κ3) is 4.55. The van der Waals surface area contributed by atoms with Gasteiger partial charge in [-0.3, -0.25) is 0 Å². The van der Waals surface area contributed by atoms with Crippen molar-refractivity contribution in [1.82, 2.24) is 4.57 Å². The van der Waals surface area contributed by atoms with E-state index in [0.29, 0.717) is 0 Å². The van der Waals surface area contributed by atoms with Crippen molar-refractivity contribution >= 4 is 81.1 Å². The van der Waals surface area contributed by atoms with Crippen LogP contribution in [0.15, 0.2) is 182 Å². The van der Waals surface area contributed by atoms with Crippen LogP contribution in [0.5, 0.6) is 0 Å². The molecule has 0 aliphatic heterocycles. The summed E-state index contributed by atoms with van der Waals surface area (Å²) in [4.78, 5) is 2.40. The molecule has 0 fully saturated rings. The highest BCUT2D eigenvalue weighted by molar-refractivity contribution is 7.26. The van der Waals surface area contributed by atoms with Gasteiger partial charge in [-0.2, -0.15) is 0 Å². The first-order chi connectivity index (χ1) is 24.3. The van der Waals surface area contributed by atoms with Gasteiger partial charge in [-0.15, -0.1) is 11.3 Å². The number of hydrogen-bond donors (Lipinski definition) is 0. The van der Waals surface area contributed by atoms with Crippen molar-refractivity contribution in [2.45, 2.75) is 0 Å². The topological polar surface area (TPSA) is 8.17 Å². The molecule has 0 saturated carbocycles. The molecule has 2 nitrogen and oxygen atoms in total. The van der Waals surface area contributed by atoms with Crippen LogP contribution in [0.3, 0.4) is 0 Å². The Hall–Kier alpha value is -6.16. The van der Waals surface area contributed by atoms with Gasteiger partial charge in [0.05, 0.1) is 11.0 Å². The molecule has 0 aliphatic rings. The SMILES string of the molecule is c1ccc(-c2ccc(N(c3ccc4c(ccc5sc6ccccc6c54)c3)c3ccc4c5ccccc5n(-c5ccccc5)c4c3)cc2)cc1. The van der Waals surface area contributed by atoms with Gasteiger partial charge >= 0.3 is 0 Å². The lowest BCUT2D eigenvalue weighted by atomic mass is 10.0. The molecule has 49 heavy (non-hydrogen) atoms. The van der Waals surface area contributed by atoms with Gasteiger partial charge in [-0.25, -0.2) is 0 Å². The summed E-state index contributed by atoms with van der Waals surface area (Å²) >= 11 is 1.87. The quantitative estimate of drug-likeness (QED) is 0.181. The van der Waals surface area contributed by atoms with Gasteiger partial charge in [-0.05, 0) is 88.6 Å². The van der Waals surface area contributed by atoms with E-state index < -0.39 is 0 Å². The lowest BCUT2D eigenvalue weighted by Gasteiger charge is -2.26. The van der Waals surface area contributed by atoms with E-state index in [2.05, 4.69) is 191 Å². The Balaban J connectivity index is 1.20. The van der Waals surface area contributed by atoms with Gasteiger partial charge in [0.1, 0.15) is 0 Å². The molecule has 0 amide bonds. The van der Waals surface area contributed by atoms with E-state index in [4.69, 9.17) is 0 Å². The fraction of sp³-hybridized carbons (Fsp3) is 0. The normalized spacial score (nSPS) is 11.7. The Morgan fingerprint density at radius 1 is 0.388 bits per heavy atom. The zero-order valence-corrected chi connectivity index (χ0v) is 27.4. The summed E-state index contributed by atoms with van der Waals surface area (Å²) in [5, 5.41) is 7.69. The monoisotopic (exact) mass is 642 g/mol. The third-order valence-corrected chi connectivity index (χ3v) is 10.9. The van der Waals surface area contributed by atoms with Gasteiger partial charge in [0.2, 0.25) is 0 Å². The summed E-state index contributed by atoms with van der Waals surface area (Å²) in [5.41, 5.74) is 9.31. The van der Waals surface area contributed by atoms with Crippen LogP contribution in [-0.2, 0) is 0 Å². The van der Waals surface area contributed by atoms with Crippen molar-refractivity contribution in [3.63, 3.8) is 0 Å². The number of rotatable bonds is 5. The molecule has 8 aromatic carbocycles. The molecule has 0 saturated heterocycles. The van der Waals surface area contributed by atoms with Crippen molar-refractivity contribution in [3.8, 4) is 16.8 Å². The van der Waals surface area contributed by atoms with Crippen LogP contribution in [0, 0.1) is 0 Å². The smallest absolute Gasteiger partial charge is 0.0561 e. The molecule has 2 heterocycles. The molecule has 0 N–H and O–H groups in total. The third-order valence-electron chi connectivity index (χ3n) is 9.76. The predicted molar refractivity (Wildman–Crippen MR) is 211 cm³/mol. The molecule has 0 atom stereocenters. The van der Waals surface area contributed by atoms with Crippen molar-refractivity contribution in [2.24, 2.45) is 0 Å². The van der Waals surface area contributed by atoms with E-state index in [1.165, 1.54) is 63.9 Å². The number of nitrogens with zero attached hydrogens (tertiary/aromatic N) is 2. The Kier molecular flexibility index (Phi) is 6.39. The molecule has 0 radical (unpaired) electrons. The molecule has 0 aliphatic carbocycles. The summed E-state index contributed by atoms with van der Waals surface area (Å²) in [6.45, 7) is 0. The average molecular weight is 643 g/mol. The molecular formula is C46H30N2S. The highest BCUT2D eigenvalue weighted by atomic mass is 32.1. The summed E-state index contributed by atoms with van der Waals surface area (Å²) in [6, 6.07) is 66.2. The first kappa shape index (κ1) is 27.9. The van der Waals surface area contributed by atoms with Crippen molar-refractivity contribution < 1.29 is 0 Å². The summed E-state index contributed by atoms with van der Waals surface area (Å²) in [7, 11) is 0. The second kappa shape index (κ2) is 11.2. The van der Waals surface area contributed by atoms with E-state index in [0.717, 1.165) is 22.7 Å². The van der Waals surface area contributed by atoms with Gasteiger partial charge in [0, 0.05) is 53.7 Å². The first-order valence-electron chi connectivity index (χ1n) is 16.7. The van der Waals surface area contributed by atoms with Gasteiger partial charge in [-0.1, -0.05) is 115 Å². The molecule has 3 heteroatoms. The van der Waals surface area contributed by atoms with Crippen LogP contribution >= 0.6 is 11.3 Å². The van der Waals surface area contributed by atoms with Crippen molar-refractivity contribution in [3.05, 3.63) is 182 Å². The number of aromatic nitrogens is 1. The highest BCUT2D eigenvalue weighted by Crippen LogP contribution is 2.43. The molecule has 0 unspecified atom stereocenters. The number of fused-ring (bicyclic) bond motifs is 8. The molecule has 0 spiro atoms. The van der Waals surface area contributed by atoms with E-state index in [-0.39, 0.29) is 0 Å². The van der Waals surface area contributed by atoms with E-state index in [1.54, 1.807) is 0 Å². The Morgan fingerprint density at radius 2 is 1.00 bits per heavy atom. The predicted octanol–water partition coefficient (Wildman–Crippen LogP) is 13.4. The fourth-order valence-electron chi connectivity index (χ4n) is 7.51. The van der Waals surface area contributed by atoms with E-state index in [9.17, 15) is 0 Å². The van der Waals surface area contributed by atoms with Crippen LogP contribution < -0.4 is 4.90 Å². The zero-order valence-electron chi connectivity index (χ0n) is 26.6. The van der Waals surface area contributed by atoms with Crippen LogP contribution in [0.4, 0.5) is 17.1 Å². The number of para-hydroxylation sites is 2. The van der Waals surface area contributed by atoms with Gasteiger partial charge in [0.15, 0.2) is 0 Å². The highest BCUT2D eigenvalue weighted by Gasteiger charge is 2.19. The molecule has 0 bridgehead atoms. The molecule has 2 aromatic heterocycles. The molecule has 230 valence electrons. The summed E-state index contributed by atoms with van der Waals surface area (Å²) in [5.74, 6) is 0.